The largest absolute Gasteiger partial charge is 0.508 e. The lowest BCUT2D eigenvalue weighted by Gasteiger charge is -2.42. The van der Waals surface area contributed by atoms with Gasteiger partial charge in [0.15, 0.2) is 11.6 Å². The average Bonchev–Trinajstić information content (AvgIpc) is 3.33. The maximum Gasteiger partial charge on any atom is 0.238 e. The highest BCUT2D eigenvalue weighted by Crippen LogP contribution is 2.57. The van der Waals surface area contributed by atoms with Crippen LogP contribution in [0.3, 0.4) is 0 Å². The predicted molar refractivity (Wildman–Crippen MR) is 176 cm³/mol. The van der Waals surface area contributed by atoms with Crippen LogP contribution in [-0.4, -0.2) is 28.5 Å². The van der Waals surface area contributed by atoms with Gasteiger partial charge in [0.2, 0.25) is 11.8 Å². The lowest BCUT2D eigenvalue weighted by molar-refractivity contribution is -0.123. The third-order valence-corrected chi connectivity index (χ3v) is 9.99. The van der Waals surface area contributed by atoms with Crippen LogP contribution in [-0.2, 0) is 19.2 Å². The minimum Gasteiger partial charge on any atom is -0.508 e. The Balaban J connectivity index is 1.20. The Morgan fingerprint density at radius 2 is 1.50 bits per heavy atom. The number of para-hydroxylation sites is 1. The quantitative estimate of drug-likeness (QED) is 0.148. The van der Waals surface area contributed by atoms with Crippen molar-refractivity contribution in [1.82, 2.24) is 0 Å². The van der Waals surface area contributed by atoms with Crippen LogP contribution in [0, 0.1) is 17.8 Å². The highest BCUT2D eigenvalue weighted by Gasteiger charge is 2.57. The Morgan fingerprint density at radius 1 is 0.783 bits per heavy atom. The van der Waals surface area contributed by atoms with Gasteiger partial charge in [-0.15, -0.1) is 0 Å². The minimum atomic E-state index is -0.721. The van der Waals surface area contributed by atoms with Crippen molar-refractivity contribution in [3.8, 4) is 5.75 Å². The van der Waals surface area contributed by atoms with E-state index < -0.39 is 23.7 Å². The molecule has 3 aliphatic carbocycles. The normalized spacial score (nSPS) is 24.0. The van der Waals surface area contributed by atoms with Gasteiger partial charge in [0.05, 0.1) is 17.5 Å². The highest BCUT2D eigenvalue weighted by atomic mass is 16.3. The van der Waals surface area contributed by atoms with Gasteiger partial charge in [-0.1, -0.05) is 60.2 Å². The number of Topliss-reactive ketones (excluding diaryl/α,β-unsaturated/α-hetero) is 1. The van der Waals surface area contributed by atoms with Crippen molar-refractivity contribution in [1.29, 1.82) is 0 Å². The number of ketones is 2. The first-order valence-electron chi connectivity index (χ1n) is 15.5. The standard InChI is InChI=1S/C39H30N2O5/c1-21-19-32(43)30-20-29-27(35(36(30)37(21)44)34-26-10-6-5-7-22(26)11-18-31(34)42)16-17-28-33(29)39(46)41(38(28)45)25-14-12-24(13-15-25)40-23-8-3-2-4-9-23/h2-16,18-19,28-29,33,35,40,42H,17,20H2,1H3. The molecule has 46 heavy (non-hydrogen) atoms. The van der Waals surface area contributed by atoms with Crippen LogP contribution in [0.1, 0.15) is 31.2 Å². The maximum absolute atomic E-state index is 14.3. The van der Waals surface area contributed by atoms with E-state index in [0.717, 1.165) is 27.7 Å². The topological polar surface area (TPSA) is 104 Å². The molecule has 1 aliphatic heterocycles. The number of hydrogen-bond donors (Lipinski definition) is 2. The number of nitrogens with one attached hydrogen (secondary N) is 1. The fraction of sp³-hybridized carbons (Fsp3) is 0.179. The number of carbonyl (C=O) groups is 4. The zero-order valence-electron chi connectivity index (χ0n) is 25.1. The number of nitrogens with zero attached hydrogens (tertiary/aromatic N) is 1. The van der Waals surface area contributed by atoms with E-state index in [1.54, 1.807) is 25.1 Å². The molecule has 4 aliphatic rings. The number of benzene rings is 4. The van der Waals surface area contributed by atoms with Gasteiger partial charge in [-0.05, 0) is 85.0 Å². The van der Waals surface area contributed by atoms with Crippen LogP contribution in [0.4, 0.5) is 17.1 Å². The molecule has 0 saturated carbocycles. The summed E-state index contributed by atoms with van der Waals surface area (Å²) in [4.78, 5) is 56.8. The van der Waals surface area contributed by atoms with Crippen LogP contribution < -0.4 is 10.2 Å². The first kappa shape index (κ1) is 28.0. The van der Waals surface area contributed by atoms with E-state index in [2.05, 4.69) is 5.32 Å². The molecule has 226 valence electrons. The number of carbonyl (C=O) groups excluding carboxylic acids is 4. The zero-order chi connectivity index (χ0) is 31.7. The number of fused-ring (bicyclic) bond motifs is 4. The third kappa shape index (κ3) is 4.19. The number of allylic oxidation sites excluding steroid dienone is 6. The van der Waals surface area contributed by atoms with Crippen LogP contribution >= 0.6 is 0 Å². The first-order chi connectivity index (χ1) is 22.3. The van der Waals surface area contributed by atoms with Gasteiger partial charge in [0.1, 0.15) is 5.75 Å². The molecule has 0 spiro atoms. The highest BCUT2D eigenvalue weighted by molar-refractivity contribution is 6.25. The second kappa shape index (κ2) is 10.5. The summed E-state index contributed by atoms with van der Waals surface area (Å²) in [6.45, 7) is 1.64. The number of imide groups is 1. The molecule has 8 rings (SSSR count). The number of rotatable bonds is 4. The Kier molecular flexibility index (Phi) is 6.39. The van der Waals surface area contributed by atoms with Gasteiger partial charge in [-0.2, -0.15) is 0 Å². The molecule has 0 bridgehead atoms. The fourth-order valence-corrected chi connectivity index (χ4v) is 7.92. The molecule has 7 nitrogen and oxygen atoms in total. The monoisotopic (exact) mass is 606 g/mol. The van der Waals surface area contributed by atoms with Crippen molar-refractivity contribution in [2.24, 2.45) is 17.8 Å². The summed E-state index contributed by atoms with van der Waals surface area (Å²) in [5.74, 6) is -3.52. The molecule has 4 aromatic carbocycles. The van der Waals surface area contributed by atoms with Crippen LogP contribution in [0.2, 0.25) is 0 Å². The number of anilines is 3. The van der Waals surface area contributed by atoms with Crippen LogP contribution in [0.15, 0.2) is 125 Å². The van der Waals surface area contributed by atoms with Gasteiger partial charge in [-0.3, -0.25) is 24.1 Å². The maximum atomic E-state index is 14.3. The Morgan fingerprint density at radius 3 is 2.28 bits per heavy atom. The molecule has 1 heterocycles. The fourth-order valence-electron chi connectivity index (χ4n) is 7.92. The Labute approximate surface area is 265 Å². The number of hydrogen-bond acceptors (Lipinski definition) is 6. The van der Waals surface area contributed by atoms with Crippen LogP contribution in [0.25, 0.3) is 10.8 Å². The van der Waals surface area contributed by atoms with Gasteiger partial charge < -0.3 is 10.4 Å². The van der Waals surface area contributed by atoms with Gasteiger partial charge >= 0.3 is 0 Å². The van der Waals surface area contributed by atoms with Crippen molar-refractivity contribution in [2.75, 3.05) is 10.2 Å². The number of phenolic OH excluding ortho intramolecular Hbond substituents is 1. The summed E-state index contributed by atoms with van der Waals surface area (Å²) in [7, 11) is 0. The van der Waals surface area contributed by atoms with Crippen molar-refractivity contribution in [2.45, 2.75) is 25.7 Å². The summed E-state index contributed by atoms with van der Waals surface area (Å²) < 4.78 is 0. The number of amides is 2. The lowest BCUT2D eigenvalue weighted by Crippen LogP contribution is -2.40. The van der Waals surface area contributed by atoms with Crippen LogP contribution in [0.5, 0.6) is 5.75 Å². The van der Waals surface area contributed by atoms with Gasteiger partial charge in [-0.25, -0.2) is 0 Å². The molecule has 1 fully saturated rings. The van der Waals surface area contributed by atoms with E-state index in [9.17, 15) is 24.3 Å². The Hall–Kier alpha value is -5.56. The smallest absolute Gasteiger partial charge is 0.238 e. The SMILES string of the molecule is CC1=CC(=O)C2=C(C1=O)C(c1c(O)ccc3ccccc13)C1=CCC3C(=O)N(c4ccc(Nc5ccccc5)cc4)C(=O)C3C1C2. The second-order valence-electron chi connectivity index (χ2n) is 12.5. The molecule has 0 radical (unpaired) electrons. The number of phenols is 1. The summed E-state index contributed by atoms with van der Waals surface area (Å²) in [5.41, 5.74) is 4.68. The molecule has 2 amide bonds. The average molecular weight is 607 g/mol. The molecular weight excluding hydrogens is 576 g/mol. The first-order valence-corrected chi connectivity index (χ1v) is 15.5. The summed E-state index contributed by atoms with van der Waals surface area (Å²) in [6.07, 6.45) is 3.86. The van der Waals surface area contributed by atoms with Crippen molar-refractivity contribution < 1.29 is 24.3 Å². The van der Waals surface area contributed by atoms with Gasteiger partial charge in [0.25, 0.3) is 0 Å². The molecular formula is C39H30N2O5. The lowest BCUT2D eigenvalue weighted by atomic mass is 9.59. The summed E-state index contributed by atoms with van der Waals surface area (Å²) in [5, 5.41) is 16.3. The summed E-state index contributed by atoms with van der Waals surface area (Å²) in [6, 6.07) is 28.0. The predicted octanol–water partition coefficient (Wildman–Crippen LogP) is 6.92. The minimum absolute atomic E-state index is 0.0198. The Bertz CT molecular complexity index is 2090. The molecule has 4 aromatic rings. The van der Waals surface area contributed by atoms with E-state index >= 15 is 0 Å². The summed E-state index contributed by atoms with van der Waals surface area (Å²) >= 11 is 0. The van der Waals surface area contributed by atoms with E-state index in [1.807, 2.05) is 78.9 Å². The van der Waals surface area contributed by atoms with Gasteiger partial charge in [0, 0.05) is 39.6 Å². The van der Waals surface area contributed by atoms with Crippen molar-refractivity contribution >= 4 is 51.2 Å². The molecule has 4 unspecified atom stereocenters. The molecule has 4 atom stereocenters. The van der Waals surface area contributed by atoms with E-state index in [0.29, 0.717) is 34.4 Å². The molecule has 0 aromatic heterocycles. The zero-order valence-corrected chi connectivity index (χ0v) is 25.1. The van der Waals surface area contributed by atoms with E-state index in [1.165, 1.54) is 11.0 Å². The molecule has 1 saturated heterocycles. The van der Waals surface area contributed by atoms with Crippen molar-refractivity contribution in [3.63, 3.8) is 0 Å². The second-order valence-corrected chi connectivity index (χ2v) is 12.5. The molecule has 7 heteroatoms. The van der Waals surface area contributed by atoms with E-state index in [4.69, 9.17) is 0 Å². The van der Waals surface area contributed by atoms with E-state index in [-0.39, 0.29) is 35.6 Å². The number of aromatic hydroxyl groups is 1. The third-order valence-electron chi connectivity index (χ3n) is 9.99. The van der Waals surface area contributed by atoms with Crippen molar-refractivity contribution in [3.05, 3.63) is 131 Å². The molecule has 2 N–H and O–H groups in total.